The Balaban J connectivity index is 1.74. The first-order chi connectivity index (χ1) is 9.97. The molecule has 1 amide bonds. The van der Waals surface area contributed by atoms with Crippen LogP contribution in [0.3, 0.4) is 0 Å². The molecular weight excluding hydrogens is 290 g/mol. The van der Waals surface area contributed by atoms with Crippen molar-refractivity contribution in [2.24, 2.45) is 0 Å². The molecule has 1 unspecified atom stereocenters. The molecule has 0 radical (unpaired) electrons. The van der Waals surface area contributed by atoms with Gasteiger partial charge in [-0.15, -0.1) is 0 Å². The van der Waals surface area contributed by atoms with Gasteiger partial charge in [0.25, 0.3) is 0 Å². The molecule has 0 bridgehead atoms. The number of hydrogen-bond donors (Lipinski definition) is 1. The van der Waals surface area contributed by atoms with Gasteiger partial charge in [0.15, 0.2) is 0 Å². The molecule has 2 rings (SSSR count). The summed E-state index contributed by atoms with van der Waals surface area (Å²) in [7, 11) is 0. The molecule has 0 aliphatic carbocycles. The number of nitrogens with one attached hydrogen (secondary N) is 1. The van der Waals surface area contributed by atoms with Gasteiger partial charge in [-0.1, -0.05) is 11.6 Å². The van der Waals surface area contributed by atoms with Gasteiger partial charge < -0.3 is 5.32 Å². The van der Waals surface area contributed by atoms with E-state index in [0.717, 1.165) is 24.4 Å². The van der Waals surface area contributed by atoms with Gasteiger partial charge in [-0.2, -0.15) is 10.2 Å². The first-order valence-electron chi connectivity index (χ1n) is 6.96. The summed E-state index contributed by atoms with van der Waals surface area (Å²) in [5.74, 6) is -0.0345. The summed E-state index contributed by atoms with van der Waals surface area (Å²) in [6.07, 6.45) is 4.41. The number of aryl methyl sites for hydroxylation is 3. The molecule has 0 saturated heterocycles. The van der Waals surface area contributed by atoms with Crippen molar-refractivity contribution in [3.8, 4) is 0 Å². The molecule has 0 spiro atoms. The minimum absolute atomic E-state index is 0.0345. The smallest absolute Gasteiger partial charge is 0.244 e. The van der Waals surface area contributed by atoms with Crippen molar-refractivity contribution in [3.05, 3.63) is 34.9 Å². The van der Waals surface area contributed by atoms with Gasteiger partial charge in [-0.25, -0.2) is 0 Å². The highest BCUT2D eigenvalue weighted by molar-refractivity contribution is 6.31. The lowest BCUT2D eigenvalue weighted by atomic mass is 10.3. The number of rotatable bonds is 6. The van der Waals surface area contributed by atoms with Crippen molar-refractivity contribution >= 4 is 17.5 Å². The Morgan fingerprint density at radius 2 is 2.19 bits per heavy atom. The maximum atomic E-state index is 12.0. The van der Waals surface area contributed by atoms with Crippen LogP contribution >= 0.6 is 11.6 Å². The number of carbonyl (C=O) groups is 1. The van der Waals surface area contributed by atoms with E-state index in [2.05, 4.69) is 15.5 Å². The Hall–Kier alpha value is -1.82. The number of halogens is 1. The van der Waals surface area contributed by atoms with Crippen molar-refractivity contribution in [2.75, 3.05) is 6.54 Å². The Morgan fingerprint density at radius 1 is 1.43 bits per heavy atom. The molecule has 0 saturated carbocycles. The molecule has 0 aromatic carbocycles. The molecule has 1 N–H and O–H groups in total. The van der Waals surface area contributed by atoms with Gasteiger partial charge in [-0.05, 0) is 33.3 Å². The van der Waals surface area contributed by atoms with Crippen LogP contribution in [0, 0.1) is 13.8 Å². The molecule has 0 aliphatic heterocycles. The first-order valence-corrected chi connectivity index (χ1v) is 7.34. The summed E-state index contributed by atoms with van der Waals surface area (Å²) >= 11 is 5.94. The van der Waals surface area contributed by atoms with E-state index in [-0.39, 0.29) is 11.9 Å². The zero-order chi connectivity index (χ0) is 15.4. The average Bonchev–Trinajstić information content (AvgIpc) is 3.00. The summed E-state index contributed by atoms with van der Waals surface area (Å²) < 4.78 is 3.46. The summed E-state index contributed by atoms with van der Waals surface area (Å²) in [5, 5.41) is 12.1. The Bertz CT molecular complexity index is 599. The summed E-state index contributed by atoms with van der Waals surface area (Å²) in [5.41, 5.74) is 1.73. The fraction of sp³-hybridized carbons (Fsp3) is 0.500. The SMILES string of the molecule is Cc1ccn(C(C)C(=O)NCCCn2cc(Cl)c(C)n2)n1. The standard InChI is InChI=1S/C14H20ClN5O/c1-10-5-8-20(17-10)12(3)14(21)16-6-4-7-19-9-13(15)11(2)18-19/h5,8-9,12H,4,6-7H2,1-3H3,(H,16,21). The van der Waals surface area contributed by atoms with Crippen LogP contribution in [0.25, 0.3) is 0 Å². The van der Waals surface area contributed by atoms with E-state index < -0.39 is 0 Å². The average molecular weight is 310 g/mol. The van der Waals surface area contributed by atoms with E-state index >= 15 is 0 Å². The van der Waals surface area contributed by atoms with E-state index in [0.29, 0.717) is 11.6 Å². The minimum atomic E-state index is -0.305. The van der Waals surface area contributed by atoms with E-state index in [1.165, 1.54) is 0 Å². The van der Waals surface area contributed by atoms with Crippen molar-refractivity contribution in [1.29, 1.82) is 0 Å². The quantitative estimate of drug-likeness (QED) is 0.831. The van der Waals surface area contributed by atoms with Gasteiger partial charge >= 0.3 is 0 Å². The normalized spacial score (nSPS) is 12.4. The van der Waals surface area contributed by atoms with E-state index in [1.807, 2.05) is 33.0 Å². The van der Waals surface area contributed by atoms with Gasteiger partial charge in [0.1, 0.15) is 6.04 Å². The van der Waals surface area contributed by atoms with Crippen LogP contribution in [0.15, 0.2) is 18.5 Å². The van der Waals surface area contributed by atoms with Crippen molar-refractivity contribution in [2.45, 2.75) is 39.8 Å². The van der Waals surface area contributed by atoms with Gasteiger partial charge in [0, 0.05) is 25.5 Å². The van der Waals surface area contributed by atoms with Gasteiger partial charge in [0.05, 0.1) is 16.4 Å². The first kappa shape index (κ1) is 15.6. The van der Waals surface area contributed by atoms with Crippen LogP contribution < -0.4 is 5.32 Å². The molecular formula is C14H20ClN5O. The predicted octanol–water partition coefficient (Wildman–Crippen LogP) is 2.12. The lowest BCUT2D eigenvalue weighted by Gasteiger charge is -2.12. The van der Waals surface area contributed by atoms with Crippen molar-refractivity contribution < 1.29 is 4.79 Å². The second kappa shape index (κ2) is 6.76. The number of nitrogens with zero attached hydrogens (tertiary/aromatic N) is 4. The van der Waals surface area contributed by atoms with E-state index in [4.69, 9.17) is 11.6 Å². The van der Waals surface area contributed by atoms with Crippen molar-refractivity contribution in [3.63, 3.8) is 0 Å². The number of aromatic nitrogens is 4. The summed E-state index contributed by atoms with van der Waals surface area (Å²) in [4.78, 5) is 12.0. The summed E-state index contributed by atoms with van der Waals surface area (Å²) in [6.45, 7) is 6.92. The molecule has 0 fully saturated rings. The largest absolute Gasteiger partial charge is 0.354 e. The van der Waals surface area contributed by atoms with E-state index in [1.54, 1.807) is 15.6 Å². The number of amides is 1. The maximum Gasteiger partial charge on any atom is 0.244 e. The molecule has 6 nitrogen and oxygen atoms in total. The zero-order valence-electron chi connectivity index (χ0n) is 12.5. The van der Waals surface area contributed by atoms with Crippen LogP contribution in [0.4, 0.5) is 0 Å². The minimum Gasteiger partial charge on any atom is -0.354 e. The Morgan fingerprint density at radius 3 is 2.76 bits per heavy atom. The molecule has 114 valence electrons. The highest BCUT2D eigenvalue weighted by atomic mass is 35.5. The molecule has 2 aromatic heterocycles. The molecule has 0 aliphatic rings. The zero-order valence-corrected chi connectivity index (χ0v) is 13.3. The van der Waals surface area contributed by atoms with Crippen LogP contribution in [0.1, 0.15) is 30.8 Å². The Kier molecular flexibility index (Phi) is 5.01. The lowest BCUT2D eigenvalue weighted by molar-refractivity contribution is -0.124. The third-order valence-electron chi connectivity index (χ3n) is 3.27. The molecule has 1 atom stereocenters. The van der Waals surface area contributed by atoms with Crippen LogP contribution in [0.2, 0.25) is 5.02 Å². The third kappa shape index (κ3) is 4.07. The molecule has 2 aromatic rings. The van der Waals surface area contributed by atoms with E-state index in [9.17, 15) is 4.79 Å². The number of hydrogen-bond acceptors (Lipinski definition) is 3. The predicted molar refractivity (Wildman–Crippen MR) is 81.3 cm³/mol. The van der Waals surface area contributed by atoms with Crippen LogP contribution in [-0.2, 0) is 11.3 Å². The lowest BCUT2D eigenvalue weighted by Crippen LogP contribution is -2.32. The monoisotopic (exact) mass is 309 g/mol. The van der Waals surface area contributed by atoms with Gasteiger partial charge in [-0.3, -0.25) is 14.2 Å². The fourth-order valence-corrected chi connectivity index (χ4v) is 2.13. The highest BCUT2D eigenvalue weighted by Gasteiger charge is 2.14. The van der Waals surface area contributed by atoms with Gasteiger partial charge in [0.2, 0.25) is 5.91 Å². The van der Waals surface area contributed by atoms with Crippen LogP contribution in [-0.4, -0.2) is 32.0 Å². The molecule has 21 heavy (non-hydrogen) atoms. The molecule has 2 heterocycles. The third-order valence-corrected chi connectivity index (χ3v) is 3.64. The van der Waals surface area contributed by atoms with Crippen molar-refractivity contribution in [1.82, 2.24) is 24.9 Å². The number of carbonyl (C=O) groups excluding carboxylic acids is 1. The molecule has 7 heteroatoms. The second-order valence-corrected chi connectivity index (χ2v) is 5.49. The topological polar surface area (TPSA) is 64.7 Å². The summed E-state index contributed by atoms with van der Waals surface area (Å²) in [6, 6.07) is 1.58. The van der Waals surface area contributed by atoms with Crippen LogP contribution in [0.5, 0.6) is 0 Å². The Labute approximate surface area is 129 Å². The highest BCUT2D eigenvalue weighted by Crippen LogP contribution is 2.12. The second-order valence-electron chi connectivity index (χ2n) is 5.08. The fourth-order valence-electron chi connectivity index (χ4n) is 1.98. The maximum absolute atomic E-state index is 12.0.